The van der Waals surface area contributed by atoms with E-state index >= 15 is 0 Å². The average Bonchev–Trinajstić information content (AvgIpc) is 3.40. The molecule has 2 aliphatic rings. The van der Waals surface area contributed by atoms with E-state index < -0.39 is 62.1 Å². The predicted molar refractivity (Wildman–Crippen MR) is 153 cm³/mol. The molecule has 42 heavy (non-hydrogen) atoms. The summed E-state index contributed by atoms with van der Waals surface area (Å²) in [6.45, 7) is -0.393. The number of nitrogens with zero attached hydrogens (tertiary/aromatic N) is 3. The molecule has 214 valence electrons. The normalized spacial score (nSPS) is 19.9. The van der Waals surface area contributed by atoms with Crippen LogP contribution >= 0.6 is 23.1 Å². The van der Waals surface area contributed by atoms with Crippen molar-refractivity contribution in [2.45, 2.75) is 27.6 Å². The Morgan fingerprint density at radius 3 is 2.38 bits per heavy atom. The van der Waals surface area contributed by atoms with Crippen molar-refractivity contribution in [2.24, 2.45) is 11.1 Å². The number of primary sulfonamides is 1. The highest BCUT2D eigenvalue weighted by Gasteiger charge is 2.56. The van der Waals surface area contributed by atoms with Gasteiger partial charge in [-0.05, 0) is 60.2 Å². The van der Waals surface area contributed by atoms with E-state index in [9.17, 15) is 32.0 Å². The second kappa shape index (κ2) is 10.6. The molecule has 15 heteroatoms. The minimum atomic E-state index is -3.91. The summed E-state index contributed by atoms with van der Waals surface area (Å²) in [7, 11) is -3.91. The molecule has 1 fully saturated rings. The molecule has 2 unspecified atom stereocenters. The molecule has 3 N–H and O–H groups in total. The zero-order chi connectivity index (χ0) is 29.8. The molecule has 11 nitrogen and oxygen atoms in total. The molecule has 0 spiro atoms. The minimum Gasteiger partial charge on any atom is -0.325 e. The number of hydrogen-bond donors (Lipinski definition) is 2. The zero-order valence-electron chi connectivity index (χ0n) is 21.3. The molecule has 0 aliphatic carbocycles. The fourth-order valence-corrected chi connectivity index (χ4v) is 8.38. The zero-order valence-corrected chi connectivity index (χ0v) is 23.8. The van der Waals surface area contributed by atoms with Gasteiger partial charge in [0.15, 0.2) is 0 Å². The number of pyridine rings is 1. The number of imide groups is 1. The summed E-state index contributed by atoms with van der Waals surface area (Å²) < 4.78 is 37.8. The third-order valence-electron chi connectivity index (χ3n) is 6.95. The summed E-state index contributed by atoms with van der Waals surface area (Å²) in [5.41, 5.74) is 1.15. The fraction of sp³-hybridized carbons (Fsp3) is 0.148. The van der Waals surface area contributed by atoms with Crippen LogP contribution in [0, 0.1) is 11.7 Å². The highest BCUT2D eigenvalue weighted by molar-refractivity contribution is 8.00. The molecule has 0 bridgehead atoms. The van der Waals surface area contributed by atoms with Crippen LogP contribution in [0.25, 0.3) is 0 Å². The summed E-state index contributed by atoms with van der Waals surface area (Å²) in [5, 5.41) is 7.22. The van der Waals surface area contributed by atoms with Crippen molar-refractivity contribution in [3.05, 3.63) is 99.0 Å². The van der Waals surface area contributed by atoms with Gasteiger partial charge in [0.25, 0.3) is 0 Å². The number of amides is 3. The first-order valence-corrected chi connectivity index (χ1v) is 15.6. The van der Waals surface area contributed by atoms with E-state index in [1.807, 2.05) is 0 Å². The monoisotopic (exact) mass is 625 g/mol. The molecule has 3 amide bonds. The van der Waals surface area contributed by atoms with Gasteiger partial charge in [0.05, 0.1) is 21.5 Å². The summed E-state index contributed by atoms with van der Waals surface area (Å²) in [5.74, 6) is -3.61. The lowest BCUT2D eigenvalue weighted by Gasteiger charge is -2.30. The van der Waals surface area contributed by atoms with E-state index in [0.717, 1.165) is 28.0 Å². The lowest BCUT2D eigenvalue weighted by atomic mass is 9.84. The van der Waals surface area contributed by atoms with Crippen LogP contribution in [-0.4, -0.2) is 40.9 Å². The number of rotatable bonds is 6. The molecule has 0 radical (unpaired) electrons. The number of halogens is 1. The van der Waals surface area contributed by atoms with E-state index in [4.69, 9.17) is 5.14 Å². The first-order valence-electron chi connectivity index (χ1n) is 12.4. The quantitative estimate of drug-likeness (QED) is 0.309. The molecular formula is C27H20FN5O6S3. The first kappa shape index (κ1) is 28.0. The third-order valence-corrected chi connectivity index (χ3v) is 10.5. The van der Waals surface area contributed by atoms with Crippen molar-refractivity contribution >= 4 is 62.2 Å². The number of carbonyl (C=O) groups is 3. The number of aromatic nitrogens is 2. The van der Waals surface area contributed by atoms with Crippen molar-refractivity contribution in [2.75, 3.05) is 10.2 Å². The number of carbonyl (C=O) groups excluding carboxylic acids is 3. The number of benzene rings is 2. The Bertz CT molecular complexity index is 1890. The molecule has 4 heterocycles. The van der Waals surface area contributed by atoms with Gasteiger partial charge in [0.1, 0.15) is 17.6 Å². The third kappa shape index (κ3) is 4.93. The lowest BCUT2D eigenvalue weighted by Crippen LogP contribution is -2.33. The average molecular weight is 626 g/mol. The molecule has 4 aromatic rings. The second-order valence-corrected chi connectivity index (χ2v) is 13.2. The Kier molecular flexibility index (Phi) is 7.04. The van der Waals surface area contributed by atoms with E-state index in [1.54, 1.807) is 24.5 Å². The smallest absolute Gasteiger partial charge is 0.308 e. The topological polar surface area (TPSA) is 162 Å². The molecule has 1 saturated heterocycles. The number of hydrogen-bond acceptors (Lipinski definition) is 9. The van der Waals surface area contributed by atoms with E-state index in [1.165, 1.54) is 53.1 Å². The standard InChI is InChI=1S/C27H20FN5O6S3/c28-15-3-7-17(8-4-15)33-24(35)21-20(14-2-1-11-30-12-14)23-26(40-22(21)25(33)36)32(27(37)41-23)13-19(34)31-16-5-9-18(10-6-16)42(29,38)39/h1-12,20-22H,13H2,(H,31,34)(H2,29,38,39)/t20-,21?,22?/m1/s1. The van der Waals surface area contributed by atoms with Gasteiger partial charge >= 0.3 is 4.87 Å². The number of anilines is 2. The molecule has 0 saturated carbocycles. The maximum Gasteiger partial charge on any atom is 0.308 e. The summed E-state index contributed by atoms with van der Waals surface area (Å²) in [6.07, 6.45) is 3.14. The Hall–Kier alpha value is -4.18. The largest absolute Gasteiger partial charge is 0.325 e. The Labute approximate surface area is 246 Å². The van der Waals surface area contributed by atoms with Gasteiger partial charge in [-0.3, -0.25) is 28.7 Å². The van der Waals surface area contributed by atoms with Gasteiger partial charge in [-0.2, -0.15) is 0 Å². The van der Waals surface area contributed by atoms with E-state index in [0.29, 0.717) is 15.5 Å². The van der Waals surface area contributed by atoms with Crippen LogP contribution in [0.3, 0.4) is 0 Å². The van der Waals surface area contributed by atoms with Crippen molar-refractivity contribution < 1.29 is 27.2 Å². The highest BCUT2D eigenvalue weighted by Crippen LogP contribution is 2.53. The summed E-state index contributed by atoms with van der Waals surface area (Å²) in [6, 6.07) is 13.7. The number of fused-ring (bicyclic) bond motifs is 2. The molecular weight excluding hydrogens is 606 g/mol. The molecule has 2 aromatic carbocycles. The van der Waals surface area contributed by atoms with Crippen molar-refractivity contribution in [1.82, 2.24) is 9.55 Å². The van der Waals surface area contributed by atoms with Gasteiger partial charge in [0.2, 0.25) is 27.7 Å². The predicted octanol–water partition coefficient (Wildman–Crippen LogP) is 2.53. The van der Waals surface area contributed by atoms with Gasteiger partial charge in [-0.15, -0.1) is 0 Å². The Morgan fingerprint density at radius 2 is 1.74 bits per heavy atom. The summed E-state index contributed by atoms with van der Waals surface area (Å²) in [4.78, 5) is 58.8. The van der Waals surface area contributed by atoms with Crippen molar-refractivity contribution in [3.8, 4) is 0 Å². The number of thioether (sulfide) groups is 1. The van der Waals surface area contributed by atoms with Crippen LogP contribution in [0.5, 0.6) is 0 Å². The van der Waals surface area contributed by atoms with Crippen LogP contribution in [0.4, 0.5) is 15.8 Å². The Balaban J connectivity index is 1.35. The maximum absolute atomic E-state index is 13.8. The van der Waals surface area contributed by atoms with Crippen LogP contribution in [0.15, 0.2) is 87.8 Å². The SMILES string of the molecule is NS(=O)(=O)c1ccc(NC(=O)Cn2c3c(sc2=O)[C@H](c2cccnc2)C2C(=O)N(c4ccc(F)cc4)C(=O)C2S3)cc1. The van der Waals surface area contributed by atoms with Crippen LogP contribution < -0.4 is 20.2 Å². The summed E-state index contributed by atoms with van der Waals surface area (Å²) >= 11 is 1.94. The van der Waals surface area contributed by atoms with Crippen LogP contribution in [0.1, 0.15) is 16.4 Å². The fourth-order valence-electron chi connectivity index (χ4n) is 5.09. The molecule has 3 atom stereocenters. The van der Waals surface area contributed by atoms with E-state index in [-0.39, 0.29) is 16.3 Å². The van der Waals surface area contributed by atoms with Gasteiger partial charge in [0, 0.05) is 28.9 Å². The first-order chi connectivity index (χ1) is 20.0. The number of nitrogens with one attached hydrogen (secondary N) is 1. The van der Waals surface area contributed by atoms with Gasteiger partial charge in [-0.1, -0.05) is 29.2 Å². The van der Waals surface area contributed by atoms with E-state index in [2.05, 4.69) is 10.3 Å². The Morgan fingerprint density at radius 1 is 1.02 bits per heavy atom. The second-order valence-electron chi connectivity index (χ2n) is 9.56. The molecule has 2 aromatic heterocycles. The van der Waals surface area contributed by atoms with Crippen LogP contribution in [-0.2, 0) is 31.0 Å². The van der Waals surface area contributed by atoms with Gasteiger partial charge in [-0.25, -0.2) is 22.8 Å². The van der Waals surface area contributed by atoms with Crippen molar-refractivity contribution in [3.63, 3.8) is 0 Å². The van der Waals surface area contributed by atoms with Crippen LogP contribution in [0.2, 0.25) is 0 Å². The number of nitrogens with two attached hydrogens (primary N) is 1. The maximum atomic E-state index is 13.8. The number of thiazole rings is 1. The molecule has 2 aliphatic heterocycles. The number of sulfonamides is 1. The molecule has 6 rings (SSSR count). The van der Waals surface area contributed by atoms with Crippen molar-refractivity contribution in [1.29, 1.82) is 0 Å². The highest BCUT2D eigenvalue weighted by atomic mass is 32.2. The minimum absolute atomic E-state index is 0.124. The van der Waals surface area contributed by atoms with Gasteiger partial charge < -0.3 is 5.32 Å². The lowest BCUT2D eigenvalue weighted by molar-refractivity contribution is -0.122.